The molecule has 1 amide bonds. The number of imidazole rings is 1. The Bertz CT molecular complexity index is 1200. The summed E-state index contributed by atoms with van der Waals surface area (Å²) < 4.78 is 0. The van der Waals surface area contributed by atoms with Crippen LogP contribution in [-0.2, 0) is 4.79 Å². The Morgan fingerprint density at radius 3 is 2.93 bits per heavy atom. The van der Waals surface area contributed by atoms with Crippen LogP contribution in [0.15, 0.2) is 43.4 Å². The topological polar surface area (TPSA) is 90.6 Å². The molecular weight excluding hydrogens is 340 g/mol. The second-order valence-corrected chi connectivity index (χ2v) is 6.94. The van der Waals surface area contributed by atoms with Gasteiger partial charge in [-0.3, -0.25) is 14.9 Å². The summed E-state index contributed by atoms with van der Waals surface area (Å²) in [6.07, 6.45) is 6.85. The Hall–Kier alpha value is -3.48. The number of nitrogens with one attached hydrogen (secondary N) is 2. The molecule has 4 heterocycles. The highest BCUT2D eigenvalue weighted by molar-refractivity contribution is 6.03. The van der Waals surface area contributed by atoms with E-state index in [9.17, 15) is 4.79 Å². The van der Waals surface area contributed by atoms with Crippen molar-refractivity contribution in [3.63, 3.8) is 0 Å². The molecule has 1 aliphatic heterocycles. The number of carbonyl (C=O) groups excluding carboxylic acids is 1. The summed E-state index contributed by atoms with van der Waals surface area (Å²) in [6, 6.07) is 4.11. The summed E-state index contributed by atoms with van der Waals surface area (Å²) in [7, 11) is 0. The third-order valence-electron chi connectivity index (χ3n) is 5.27. The first kappa shape index (κ1) is 15.7. The summed E-state index contributed by atoms with van der Waals surface area (Å²) >= 11 is 0. The second-order valence-electron chi connectivity index (χ2n) is 6.94. The number of fused-ring (bicyclic) bond motifs is 2. The zero-order valence-electron chi connectivity index (χ0n) is 14.9. The van der Waals surface area contributed by atoms with E-state index in [2.05, 4.69) is 39.7 Å². The fraction of sp³-hybridized carbons (Fsp3) is 0.200. The van der Waals surface area contributed by atoms with Crippen LogP contribution in [0, 0.1) is 6.92 Å². The summed E-state index contributed by atoms with van der Waals surface area (Å²) in [6.45, 7) is 6.93. The molecule has 0 spiro atoms. The minimum atomic E-state index is -0.0352. The maximum absolute atomic E-state index is 11.7. The Labute approximate surface area is 155 Å². The van der Waals surface area contributed by atoms with Gasteiger partial charge in [-0.25, -0.2) is 4.98 Å². The van der Waals surface area contributed by atoms with E-state index in [0.717, 1.165) is 44.5 Å². The van der Waals surface area contributed by atoms with Crippen LogP contribution < -0.4 is 0 Å². The van der Waals surface area contributed by atoms with Crippen LogP contribution >= 0.6 is 0 Å². The molecule has 0 saturated carbocycles. The molecule has 0 unspecified atom stereocenters. The first-order valence-electron chi connectivity index (χ1n) is 8.83. The highest BCUT2D eigenvalue weighted by Gasteiger charge is 2.33. The number of likely N-dealkylation sites (tertiary alicyclic amines) is 1. The standard InChI is InChI=1S/C20H18N6O/c1-3-17(27)26-9-12(10-26)20-23-16-8-21-6-14(19(16)24-20)18-11(2)4-5-15-13(18)7-22-25-15/h3-8,12H,1,9-10H2,2H3,(H,22,25)(H,23,24). The molecule has 7 nitrogen and oxygen atoms in total. The van der Waals surface area contributed by atoms with E-state index in [1.54, 1.807) is 11.1 Å². The monoisotopic (exact) mass is 358 g/mol. The molecule has 3 aromatic heterocycles. The molecule has 0 aliphatic carbocycles. The van der Waals surface area contributed by atoms with E-state index < -0.39 is 0 Å². The number of aromatic amines is 2. The average Bonchev–Trinajstić information content (AvgIpc) is 3.26. The minimum absolute atomic E-state index is 0.0352. The average molecular weight is 358 g/mol. The largest absolute Gasteiger partial charge is 0.340 e. The molecular formula is C20H18N6O. The highest BCUT2D eigenvalue weighted by Crippen LogP contribution is 2.35. The SMILES string of the molecule is C=CC(=O)N1CC(c2nc3c(-c4c(C)ccc5[nH]ncc45)cncc3[nH]2)C1. The van der Waals surface area contributed by atoms with Crippen molar-refractivity contribution in [3.8, 4) is 11.1 Å². The first-order chi connectivity index (χ1) is 13.2. The van der Waals surface area contributed by atoms with Crippen molar-refractivity contribution >= 4 is 27.8 Å². The lowest BCUT2D eigenvalue weighted by atomic mass is 9.97. The van der Waals surface area contributed by atoms with Crippen LogP contribution in [0.5, 0.6) is 0 Å². The molecule has 5 rings (SSSR count). The number of aromatic nitrogens is 5. The van der Waals surface area contributed by atoms with Crippen LogP contribution in [0.1, 0.15) is 17.3 Å². The number of nitrogens with zero attached hydrogens (tertiary/aromatic N) is 4. The lowest BCUT2D eigenvalue weighted by Crippen LogP contribution is -2.48. The van der Waals surface area contributed by atoms with Crippen molar-refractivity contribution in [3.05, 3.63) is 54.8 Å². The van der Waals surface area contributed by atoms with E-state index in [0.29, 0.717) is 13.1 Å². The Kier molecular flexibility index (Phi) is 3.36. The fourth-order valence-electron chi connectivity index (χ4n) is 3.77. The van der Waals surface area contributed by atoms with Crippen molar-refractivity contribution in [2.45, 2.75) is 12.8 Å². The predicted molar refractivity (Wildman–Crippen MR) is 103 cm³/mol. The van der Waals surface area contributed by atoms with E-state index in [1.807, 2.05) is 18.5 Å². The van der Waals surface area contributed by atoms with Crippen molar-refractivity contribution in [1.82, 2.24) is 30.0 Å². The molecule has 134 valence electrons. The molecule has 1 fully saturated rings. The predicted octanol–water partition coefficient (Wildman–Crippen LogP) is 2.92. The van der Waals surface area contributed by atoms with Gasteiger partial charge >= 0.3 is 0 Å². The second kappa shape index (κ2) is 5.77. The Morgan fingerprint density at radius 1 is 1.26 bits per heavy atom. The van der Waals surface area contributed by atoms with E-state index in [1.165, 1.54) is 6.08 Å². The van der Waals surface area contributed by atoms with Gasteiger partial charge in [0.2, 0.25) is 5.91 Å². The van der Waals surface area contributed by atoms with Gasteiger partial charge in [0.25, 0.3) is 0 Å². The van der Waals surface area contributed by atoms with Gasteiger partial charge in [-0.2, -0.15) is 5.10 Å². The third-order valence-corrected chi connectivity index (χ3v) is 5.27. The van der Waals surface area contributed by atoms with Gasteiger partial charge in [0.1, 0.15) is 5.82 Å². The molecule has 0 radical (unpaired) electrons. The van der Waals surface area contributed by atoms with Crippen LogP contribution in [0.25, 0.3) is 33.1 Å². The highest BCUT2D eigenvalue weighted by atomic mass is 16.2. The molecule has 27 heavy (non-hydrogen) atoms. The molecule has 7 heteroatoms. The maximum Gasteiger partial charge on any atom is 0.246 e. The number of hydrogen-bond donors (Lipinski definition) is 2. The molecule has 1 aliphatic rings. The zero-order valence-corrected chi connectivity index (χ0v) is 14.9. The maximum atomic E-state index is 11.7. The first-order valence-corrected chi connectivity index (χ1v) is 8.83. The van der Waals surface area contributed by atoms with Gasteiger partial charge in [-0.15, -0.1) is 0 Å². The zero-order chi connectivity index (χ0) is 18.5. The molecule has 1 aromatic carbocycles. The fourth-order valence-corrected chi connectivity index (χ4v) is 3.77. The van der Waals surface area contributed by atoms with Gasteiger partial charge in [-0.1, -0.05) is 12.6 Å². The van der Waals surface area contributed by atoms with Crippen LogP contribution in [0.2, 0.25) is 0 Å². The number of amides is 1. The summed E-state index contributed by atoms with van der Waals surface area (Å²) in [5, 5.41) is 8.26. The van der Waals surface area contributed by atoms with Crippen LogP contribution in [-0.4, -0.2) is 49.0 Å². The summed E-state index contributed by atoms with van der Waals surface area (Å²) in [4.78, 5) is 26.1. The third kappa shape index (κ3) is 2.35. The van der Waals surface area contributed by atoms with Crippen molar-refractivity contribution in [2.24, 2.45) is 0 Å². The van der Waals surface area contributed by atoms with E-state index in [-0.39, 0.29) is 11.8 Å². The quantitative estimate of drug-likeness (QED) is 0.551. The van der Waals surface area contributed by atoms with Crippen LogP contribution in [0.4, 0.5) is 0 Å². The molecule has 4 aromatic rings. The number of carbonyl (C=O) groups is 1. The van der Waals surface area contributed by atoms with Crippen molar-refractivity contribution < 1.29 is 4.79 Å². The van der Waals surface area contributed by atoms with E-state index in [4.69, 9.17) is 4.98 Å². The molecule has 0 atom stereocenters. The van der Waals surface area contributed by atoms with Gasteiger partial charge in [0, 0.05) is 30.2 Å². The Morgan fingerprint density at radius 2 is 2.11 bits per heavy atom. The number of pyridine rings is 1. The molecule has 1 saturated heterocycles. The number of benzene rings is 1. The lowest BCUT2D eigenvalue weighted by molar-refractivity contribution is -0.130. The number of H-pyrrole nitrogens is 2. The summed E-state index contributed by atoms with van der Waals surface area (Å²) in [5.41, 5.74) is 6.00. The van der Waals surface area contributed by atoms with Crippen molar-refractivity contribution in [1.29, 1.82) is 0 Å². The molecule has 2 N–H and O–H groups in total. The lowest BCUT2D eigenvalue weighted by Gasteiger charge is -2.37. The number of rotatable bonds is 3. The van der Waals surface area contributed by atoms with E-state index >= 15 is 0 Å². The summed E-state index contributed by atoms with van der Waals surface area (Å²) in [5.74, 6) is 1.07. The normalized spacial score (nSPS) is 14.6. The van der Waals surface area contributed by atoms with Gasteiger partial charge < -0.3 is 9.88 Å². The van der Waals surface area contributed by atoms with Crippen LogP contribution in [0.3, 0.4) is 0 Å². The number of aryl methyl sites for hydroxylation is 1. The van der Waals surface area contributed by atoms with Gasteiger partial charge in [0.15, 0.2) is 0 Å². The Balaban J connectivity index is 1.60. The number of hydrogen-bond acceptors (Lipinski definition) is 4. The smallest absolute Gasteiger partial charge is 0.246 e. The minimum Gasteiger partial charge on any atom is -0.340 e. The molecule has 0 bridgehead atoms. The van der Waals surface area contributed by atoms with Gasteiger partial charge in [0.05, 0.1) is 34.9 Å². The van der Waals surface area contributed by atoms with Gasteiger partial charge in [-0.05, 0) is 30.2 Å². The van der Waals surface area contributed by atoms with Crippen molar-refractivity contribution in [2.75, 3.05) is 13.1 Å².